The first-order valence-electron chi connectivity index (χ1n) is 7.10. The quantitative estimate of drug-likeness (QED) is 0.701. The zero-order valence-electron chi connectivity index (χ0n) is 11.4. The first-order valence-corrected chi connectivity index (χ1v) is 7.10. The van der Waals surface area contributed by atoms with Crippen LogP contribution in [0.3, 0.4) is 0 Å². The number of amides is 1. The average molecular weight is 255 g/mol. The summed E-state index contributed by atoms with van der Waals surface area (Å²) < 4.78 is 5.29. The molecule has 2 heterocycles. The van der Waals surface area contributed by atoms with Crippen LogP contribution < -0.4 is 0 Å². The number of piperazine rings is 1. The van der Waals surface area contributed by atoms with Crippen LogP contribution in [0.2, 0.25) is 0 Å². The Bertz CT molecular complexity index is 259. The van der Waals surface area contributed by atoms with Gasteiger partial charge in [-0.3, -0.25) is 14.6 Å². The van der Waals surface area contributed by atoms with Gasteiger partial charge in [-0.15, -0.1) is 0 Å². The highest BCUT2D eigenvalue weighted by Gasteiger charge is 2.22. The highest BCUT2D eigenvalue weighted by Crippen LogP contribution is 2.05. The molecule has 0 radical (unpaired) electrons. The van der Waals surface area contributed by atoms with Crippen LogP contribution in [0.15, 0.2) is 0 Å². The summed E-state index contributed by atoms with van der Waals surface area (Å²) in [5, 5.41) is 0. The monoisotopic (exact) mass is 255 g/mol. The van der Waals surface area contributed by atoms with Crippen LogP contribution >= 0.6 is 0 Å². The van der Waals surface area contributed by atoms with E-state index in [-0.39, 0.29) is 5.91 Å². The van der Waals surface area contributed by atoms with Crippen molar-refractivity contribution in [2.75, 3.05) is 65.6 Å². The van der Waals surface area contributed by atoms with Crippen LogP contribution in [0.5, 0.6) is 0 Å². The van der Waals surface area contributed by atoms with Gasteiger partial charge in [0.15, 0.2) is 0 Å². The number of rotatable bonds is 4. The minimum absolute atomic E-state index is 0.285. The van der Waals surface area contributed by atoms with Gasteiger partial charge in [-0.1, -0.05) is 6.92 Å². The van der Waals surface area contributed by atoms with Gasteiger partial charge in [-0.2, -0.15) is 0 Å². The number of carbonyl (C=O) groups excluding carboxylic acids is 1. The summed E-state index contributed by atoms with van der Waals surface area (Å²) in [6.45, 7) is 11.1. The van der Waals surface area contributed by atoms with Crippen molar-refractivity contribution in [3.63, 3.8) is 0 Å². The molecule has 2 saturated heterocycles. The molecule has 0 aromatic rings. The van der Waals surface area contributed by atoms with Gasteiger partial charge < -0.3 is 9.64 Å². The van der Waals surface area contributed by atoms with E-state index in [0.717, 1.165) is 59.0 Å². The SMILES string of the molecule is CCCN1CCN(C(=O)CN2CCOCC2)CC1. The van der Waals surface area contributed by atoms with Crippen molar-refractivity contribution in [3.05, 3.63) is 0 Å². The fourth-order valence-corrected chi connectivity index (χ4v) is 2.59. The van der Waals surface area contributed by atoms with Crippen molar-refractivity contribution in [3.8, 4) is 0 Å². The first-order chi connectivity index (χ1) is 8.79. The van der Waals surface area contributed by atoms with Crippen molar-refractivity contribution >= 4 is 5.91 Å². The van der Waals surface area contributed by atoms with E-state index in [0.29, 0.717) is 6.54 Å². The number of nitrogens with zero attached hydrogens (tertiary/aromatic N) is 3. The molecule has 0 spiro atoms. The topological polar surface area (TPSA) is 36.0 Å². The third-order valence-corrected chi connectivity index (χ3v) is 3.73. The van der Waals surface area contributed by atoms with Gasteiger partial charge in [-0.25, -0.2) is 0 Å². The lowest BCUT2D eigenvalue weighted by Gasteiger charge is -2.36. The smallest absolute Gasteiger partial charge is 0.236 e. The molecule has 2 aliphatic rings. The van der Waals surface area contributed by atoms with E-state index < -0.39 is 0 Å². The van der Waals surface area contributed by atoms with E-state index in [4.69, 9.17) is 4.74 Å². The molecule has 2 rings (SSSR count). The Balaban J connectivity index is 1.70. The van der Waals surface area contributed by atoms with Crippen molar-refractivity contribution in [2.24, 2.45) is 0 Å². The normalized spacial score (nSPS) is 23.3. The Morgan fingerprint density at radius 2 is 1.67 bits per heavy atom. The van der Waals surface area contributed by atoms with E-state index in [1.165, 1.54) is 6.42 Å². The fraction of sp³-hybridized carbons (Fsp3) is 0.923. The summed E-state index contributed by atoms with van der Waals surface area (Å²) >= 11 is 0. The molecule has 0 aromatic carbocycles. The van der Waals surface area contributed by atoms with Crippen molar-refractivity contribution in [1.82, 2.24) is 14.7 Å². The van der Waals surface area contributed by atoms with Crippen LogP contribution in [0.4, 0.5) is 0 Å². The van der Waals surface area contributed by atoms with Crippen molar-refractivity contribution in [2.45, 2.75) is 13.3 Å². The van der Waals surface area contributed by atoms with Crippen molar-refractivity contribution in [1.29, 1.82) is 0 Å². The molecule has 0 bridgehead atoms. The van der Waals surface area contributed by atoms with Gasteiger partial charge in [0.05, 0.1) is 19.8 Å². The van der Waals surface area contributed by atoms with E-state index in [1.54, 1.807) is 0 Å². The summed E-state index contributed by atoms with van der Waals surface area (Å²) in [6.07, 6.45) is 1.20. The van der Waals surface area contributed by atoms with Gasteiger partial charge in [-0.05, 0) is 13.0 Å². The molecule has 0 saturated carbocycles. The Kier molecular flexibility index (Phi) is 5.41. The Morgan fingerprint density at radius 1 is 1.00 bits per heavy atom. The maximum absolute atomic E-state index is 12.2. The molecule has 104 valence electrons. The zero-order chi connectivity index (χ0) is 12.8. The van der Waals surface area contributed by atoms with E-state index >= 15 is 0 Å². The molecule has 5 nitrogen and oxygen atoms in total. The summed E-state index contributed by atoms with van der Waals surface area (Å²) in [5.41, 5.74) is 0. The first kappa shape index (κ1) is 13.8. The van der Waals surface area contributed by atoms with Crippen molar-refractivity contribution < 1.29 is 9.53 Å². The molecule has 18 heavy (non-hydrogen) atoms. The van der Waals surface area contributed by atoms with Crippen LogP contribution in [-0.2, 0) is 9.53 Å². The molecule has 1 amide bonds. The molecular formula is C13H25N3O2. The molecular weight excluding hydrogens is 230 g/mol. The van der Waals surface area contributed by atoms with Gasteiger partial charge in [0.1, 0.15) is 0 Å². The lowest BCUT2D eigenvalue weighted by atomic mass is 10.3. The van der Waals surface area contributed by atoms with E-state index in [9.17, 15) is 4.79 Å². The summed E-state index contributed by atoms with van der Waals surface area (Å²) in [6, 6.07) is 0. The molecule has 0 aromatic heterocycles. The zero-order valence-corrected chi connectivity index (χ0v) is 11.4. The summed E-state index contributed by atoms with van der Waals surface area (Å²) in [5.74, 6) is 0.285. The number of ether oxygens (including phenoxy) is 1. The molecule has 2 fully saturated rings. The maximum Gasteiger partial charge on any atom is 0.236 e. The second kappa shape index (κ2) is 7.07. The van der Waals surface area contributed by atoms with Gasteiger partial charge in [0.25, 0.3) is 0 Å². The number of hydrogen-bond donors (Lipinski definition) is 0. The molecule has 0 unspecified atom stereocenters. The van der Waals surface area contributed by atoms with Crippen LogP contribution in [0.1, 0.15) is 13.3 Å². The highest BCUT2D eigenvalue weighted by atomic mass is 16.5. The third kappa shape index (κ3) is 3.93. The highest BCUT2D eigenvalue weighted by molar-refractivity contribution is 5.78. The minimum atomic E-state index is 0.285. The van der Waals surface area contributed by atoms with Crippen LogP contribution in [0.25, 0.3) is 0 Å². The Labute approximate surface area is 110 Å². The lowest BCUT2D eigenvalue weighted by Crippen LogP contribution is -2.52. The largest absolute Gasteiger partial charge is 0.379 e. The van der Waals surface area contributed by atoms with Gasteiger partial charge in [0.2, 0.25) is 5.91 Å². The summed E-state index contributed by atoms with van der Waals surface area (Å²) in [4.78, 5) is 18.8. The maximum atomic E-state index is 12.2. The number of carbonyl (C=O) groups is 1. The second-order valence-electron chi connectivity index (χ2n) is 5.11. The molecule has 0 N–H and O–H groups in total. The average Bonchev–Trinajstić information content (AvgIpc) is 2.41. The Hall–Kier alpha value is -0.650. The fourth-order valence-electron chi connectivity index (χ4n) is 2.59. The predicted molar refractivity (Wildman–Crippen MR) is 70.6 cm³/mol. The van der Waals surface area contributed by atoms with Crippen LogP contribution in [-0.4, -0.2) is 86.2 Å². The number of morpholine rings is 1. The minimum Gasteiger partial charge on any atom is -0.379 e. The predicted octanol–water partition coefficient (Wildman–Crippen LogP) is -0.127. The third-order valence-electron chi connectivity index (χ3n) is 3.73. The lowest BCUT2D eigenvalue weighted by molar-refractivity contribution is -0.135. The van der Waals surface area contributed by atoms with Crippen LogP contribution in [0, 0.1) is 0 Å². The second-order valence-corrected chi connectivity index (χ2v) is 5.11. The number of hydrogen-bond acceptors (Lipinski definition) is 4. The summed E-state index contributed by atoms with van der Waals surface area (Å²) in [7, 11) is 0. The molecule has 0 atom stereocenters. The van der Waals surface area contributed by atoms with Gasteiger partial charge in [0, 0.05) is 39.3 Å². The molecule has 0 aliphatic carbocycles. The van der Waals surface area contributed by atoms with E-state index in [2.05, 4.69) is 16.7 Å². The van der Waals surface area contributed by atoms with E-state index in [1.807, 2.05) is 4.90 Å². The standard InChI is InChI=1S/C13H25N3O2/c1-2-3-14-4-6-16(7-5-14)13(17)12-15-8-10-18-11-9-15/h2-12H2,1H3. The Morgan fingerprint density at radius 3 is 2.28 bits per heavy atom. The molecule has 2 aliphatic heterocycles. The molecule has 5 heteroatoms. The van der Waals surface area contributed by atoms with Gasteiger partial charge >= 0.3 is 0 Å².